The lowest BCUT2D eigenvalue weighted by Crippen LogP contribution is -2.33. The normalized spacial score (nSPS) is 13.4. The molecule has 0 radical (unpaired) electrons. The van der Waals surface area contributed by atoms with E-state index < -0.39 is 11.8 Å². The van der Waals surface area contributed by atoms with Crippen molar-refractivity contribution in [2.75, 3.05) is 5.32 Å². The van der Waals surface area contributed by atoms with Gasteiger partial charge in [0, 0.05) is 17.1 Å². The summed E-state index contributed by atoms with van der Waals surface area (Å²) in [4.78, 5) is 39.3. The molecule has 190 valence electrons. The van der Waals surface area contributed by atoms with Crippen molar-refractivity contribution >= 4 is 46.6 Å². The highest BCUT2D eigenvalue weighted by Gasteiger charge is 2.37. The van der Waals surface area contributed by atoms with Crippen LogP contribution in [-0.2, 0) is 22.7 Å². The van der Waals surface area contributed by atoms with Gasteiger partial charge in [-0.1, -0.05) is 65.7 Å². The van der Waals surface area contributed by atoms with Crippen LogP contribution in [-0.4, -0.2) is 28.7 Å². The smallest absolute Gasteiger partial charge is 0.278 e. The van der Waals surface area contributed by atoms with Crippen molar-refractivity contribution in [3.63, 3.8) is 0 Å². The molecule has 1 heterocycles. The Labute approximate surface area is 225 Å². The second-order valence-electron chi connectivity index (χ2n) is 8.64. The summed E-state index contributed by atoms with van der Waals surface area (Å²) in [6.07, 6.45) is -0.0290. The molecule has 37 heavy (non-hydrogen) atoms. The van der Waals surface area contributed by atoms with E-state index >= 15 is 0 Å². The first kappa shape index (κ1) is 26.3. The summed E-state index contributed by atoms with van der Waals surface area (Å²) in [5.74, 6) is -0.788. The number of nitrogens with zero attached hydrogens (tertiary/aromatic N) is 1. The van der Waals surface area contributed by atoms with E-state index in [0.717, 1.165) is 10.5 Å². The third-order valence-electron chi connectivity index (χ3n) is 5.58. The van der Waals surface area contributed by atoms with E-state index in [-0.39, 0.29) is 35.8 Å². The zero-order chi connectivity index (χ0) is 26.5. The monoisotopic (exact) mass is 537 g/mol. The zero-order valence-electron chi connectivity index (χ0n) is 20.3. The molecular weight excluding hydrogens is 513 g/mol. The number of imide groups is 1. The van der Waals surface area contributed by atoms with E-state index in [1.807, 2.05) is 26.0 Å². The Morgan fingerprint density at radius 2 is 1.59 bits per heavy atom. The zero-order valence-corrected chi connectivity index (χ0v) is 21.8. The van der Waals surface area contributed by atoms with Gasteiger partial charge in [0.05, 0.1) is 18.3 Å². The van der Waals surface area contributed by atoms with E-state index in [1.165, 1.54) is 0 Å². The number of anilines is 1. The molecule has 0 fully saturated rings. The van der Waals surface area contributed by atoms with Gasteiger partial charge in [-0.3, -0.25) is 19.3 Å². The van der Waals surface area contributed by atoms with Crippen LogP contribution in [0.4, 0.5) is 5.69 Å². The highest BCUT2D eigenvalue weighted by atomic mass is 35.5. The fourth-order valence-electron chi connectivity index (χ4n) is 3.73. The quantitative estimate of drug-likeness (QED) is 0.352. The molecule has 0 atom stereocenters. The van der Waals surface area contributed by atoms with Gasteiger partial charge in [-0.25, -0.2) is 0 Å². The summed E-state index contributed by atoms with van der Waals surface area (Å²) in [6, 6.07) is 21.1. The maximum Gasteiger partial charge on any atom is 0.278 e. The van der Waals surface area contributed by atoms with Crippen molar-refractivity contribution in [3.8, 4) is 5.75 Å². The standard InChI is InChI=1S/C28H25Cl2N3O4/c1-17(2)37-23-10-6-5-9-22(23)32-26(34)19-13-11-18(12-14-19)15-31-25-24(30)27(35)33(28(25)36)16-20-7-3-4-8-21(20)29/h3-14,17,31H,15-16H2,1-2H3,(H,32,34). The molecule has 3 aromatic rings. The number of rotatable bonds is 9. The maximum absolute atomic E-state index is 12.9. The van der Waals surface area contributed by atoms with Gasteiger partial charge in [0.25, 0.3) is 17.7 Å². The number of benzene rings is 3. The van der Waals surface area contributed by atoms with Crippen molar-refractivity contribution in [1.29, 1.82) is 0 Å². The Balaban J connectivity index is 1.38. The second-order valence-corrected chi connectivity index (χ2v) is 9.43. The van der Waals surface area contributed by atoms with E-state index in [0.29, 0.717) is 27.6 Å². The van der Waals surface area contributed by atoms with Crippen molar-refractivity contribution in [2.45, 2.75) is 33.0 Å². The third-order valence-corrected chi connectivity index (χ3v) is 6.30. The molecule has 0 saturated heterocycles. The molecule has 3 amide bonds. The number of amides is 3. The van der Waals surface area contributed by atoms with Crippen LogP contribution in [0.2, 0.25) is 5.02 Å². The first-order chi connectivity index (χ1) is 17.7. The summed E-state index contributed by atoms with van der Waals surface area (Å²) < 4.78 is 5.75. The van der Waals surface area contributed by atoms with Gasteiger partial charge in [-0.05, 0) is 55.3 Å². The Bertz CT molecular complexity index is 1370. The molecule has 0 spiro atoms. The molecule has 9 heteroatoms. The van der Waals surface area contributed by atoms with Crippen LogP contribution in [0.5, 0.6) is 5.75 Å². The van der Waals surface area contributed by atoms with Crippen LogP contribution < -0.4 is 15.4 Å². The Morgan fingerprint density at radius 1 is 0.919 bits per heavy atom. The van der Waals surface area contributed by atoms with Gasteiger partial charge < -0.3 is 15.4 Å². The molecule has 1 aliphatic heterocycles. The predicted molar refractivity (Wildman–Crippen MR) is 143 cm³/mol. The van der Waals surface area contributed by atoms with Gasteiger partial charge in [0.1, 0.15) is 16.5 Å². The average Bonchev–Trinajstić information content (AvgIpc) is 3.08. The van der Waals surface area contributed by atoms with Gasteiger partial charge in [0.15, 0.2) is 0 Å². The minimum Gasteiger partial charge on any atom is -0.489 e. The van der Waals surface area contributed by atoms with Crippen LogP contribution in [0.3, 0.4) is 0 Å². The van der Waals surface area contributed by atoms with E-state index in [9.17, 15) is 14.4 Å². The summed E-state index contributed by atoms with van der Waals surface area (Å²) in [5, 5.41) is 6.12. The number of hydrogen-bond acceptors (Lipinski definition) is 5. The Morgan fingerprint density at radius 3 is 2.30 bits per heavy atom. The number of carbonyl (C=O) groups is 3. The lowest BCUT2D eigenvalue weighted by Gasteiger charge is -2.16. The molecule has 0 aromatic heterocycles. The molecule has 4 rings (SSSR count). The highest BCUT2D eigenvalue weighted by Crippen LogP contribution is 2.27. The molecule has 2 N–H and O–H groups in total. The first-order valence-electron chi connectivity index (χ1n) is 11.6. The fraction of sp³-hybridized carbons (Fsp3) is 0.179. The van der Waals surface area contributed by atoms with E-state index in [1.54, 1.807) is 60.7 Å². The fourth-order valence-corrected chi connectivity index (χ4v) is 4.17. The van der Waals surface area contributed by atoms with Gasteiger partial charge >= 0.3 is 0 Å². The van der Waals surface area contributed by atoms with Crippen molar-refractivity contribution < 1.29 is 19.1 Å². The van der Waals surface area contributed by atoms with E-state index in [2.05, 4.69) is 10.6 Å². The van der Waals surface area contributed by atoms with Crippen molar-refractivity contribution in [3.05, 3.63) is 105 Å². The lowest BCUT2D eigenvalue weighted by molar-refractivity contribution is -0.138. The topological polar surface area (TPSA) is 87.7 Å². The molecule has 3 aromatic carbocycles. The van der Waals surface area contributed by atoms with Crippen LogP contribution >= 0.6 is 23.2 Å². The SMILES string of the molecule is CC(C)Oc1ccccc1NC(=O)c1ccc(CNC2=C(Cl)C(=O)N(Cc3ccccc3Cl)C2=O)cc1. The average molecular weight is 538 g/mol. The molecule has 0 unspecified atom stereocenters. The number of hydrogen-bond donors (Lipinski definition) is 2. The largest absolute Gasteiger partial charge is 0.489 e. The summed E-state index contributed by atoms with van der Waals surface area (Å²) >= 11 is 12.4. The van der Waals surface area contributed by atoms with Crippen molar-refractivity contribution in [1.82, 2.24) is 10.2 Å². The maximum atomic E-state index is 12.9. The summed E-state index contributed by atoms with van der Waals surface area (Å²) in [5.41, 5.74) is 2.51. The number of halogens is 2. The molecule has 7 nitrogen and oxygen atoms in total. The lowest BCUT2D eigenvalue weighted by atomic mass is 10.1. The van der Waals surface area contributed by atoms with Crippen molar-refractivity contribution in [2.24, 2.45) is 0 Å². The number of para-hydroxylation sites is 2. The highest BCUT2D eigenvalue weighted by molar-refractivity contribution is 6.47. The van der Waals surface area contributed by atoms with Crippen LogP contribution in [0.25, 0.3) is 0 Å². The number of nitrogens with one attached hydrogen (secondary N) is 2. The molecule has 0 saturated carbocycles. The molecular formula is C28H25Cl2N3O4. The summed E-state index contributed by atoms with van der Waals surface area (Å²) in [7, 11) is 0. The van der Waals surface area contributed by atoms with Crippen LogP contribution in [0, 0.1) is 0 Å². The summed E-state index contributed by atoms with van der Waals surface area (Å²) in [6.45, 7) is 4.09. The third kappa shape index (κ3) is 6.13. The first-order valence-corrected chi connectivity index (χ1v) is 12.4. The number of ether oxygens (including phenoxy) is 1. The number of carbonyl (C=O) groups excluding carboxylic acids is 3. The van der Waals surface area contributed by atoms with Gasteiger partial charge in [-0.2, -0.15) is 0 Å². The van der Waals surface area contributed by atoms with E-state index in [4.69, 9.17) is 27.9 Å². The Hall–Kier alpha value is -3.81. The Kier molecular flexibility index (Phi) is 8.16. The molecule has 0 aliphatic carbocycles. The van der Waals surface area contributed by atoms with Gasteiger partial charge in [0.2, 0.25) is 0 Å². The van der Waals surface area contributed by atoms with Gasteiger partial charge in [-0.15, -0.1) is 0 Å². The van der Waals surface area contributed by atoms with Crippen LogP contribution in [0.1, 0.15) is 35.3 Å². The minimum absolute atomic E-state index is 0.0217. The molecule has 0 bridgehead atoms. The molecule has 1 aliphatic rings. The minimum atomic E-state index is -0.581. The predicted octanol–water partition coefficient (Wildman–Crippen LogP) is 5.49. The second kappa shape index (κ2) is 11.5. The van der Waals surface area contributed by atoms with Crippen LogP contribution in [0.15, 0.2) is 83.5 Å².